The van der Waals surface area contributed by atoms with Crippen LogP contribution in [0.25, 0.3) is 0 Å². The second kappa shape index (κ2) is 5.68. The molecule has 0 bridgehead atoms. The van der Waals surface area contributed by atoms with E-state index in [1.165, 1.54) is 0 Å². The summed E-state index contributed by atoms with van der Waals surface area (Å²) in [5, 5.41) is 3.43. The van der Waals surface area contributed by atoms with Gasteiger partial charge < -0.3 is 24.4 Å². The Balaban J connectivity index is 1.69. The molecule has 1 aromatic carbocycles. The molecule has 3 rings (SSSR count). The van der Waals surface area contributed by atoms with E-state index in [0.29, 0.717) is 13.1 Å². The lowest BCUT2D eigenvalue weighted by atomic mass is 10.0. The molecule has 2 aliphatic heterocycles. The number of rotatable bonds is 1. The highest BCUT2D eigenvalue weighted by atomic mass is 16.7. The van der Waals surface area contributed by atoms with Crippen LogP contribution in [0.15, 0.2) is 18.2 Å². The van der Waals surface area contributed by atoms with Gasteiger partial charge >= 0.3 is 6.09 Å². The van der Waals surface area contributed by atoms with Gasteiger partial charge in [0.1, 0.15) is 5.60 Å². The Hall–Kier alpha value is -1.95. The molecule has 0 aromatic heterocycles. The molecule has 1 atom stereocenters. The second-order valence-corrected chi connectivity index (χ2v) is 6.55. The van der Waals surface area contributed by atoms with Crippen LogP contribution in [0.3, 0.4) is 0 Å². The number of nitrogens with zero attached hydrogens (tertiary/aromatic N) is 1. The molecule has 1 aromatic rings. The van der Waals surface area contributed by atoms with Gasteiger partial charge in [0.15, 0.2) is 11.5 Å². The van der Waals surface area contributed by atoms with Gasteiger partial charge in [-0.05, 0) is 38.5 Å². The third-order valence-corrected chi connectivity index (χ3v) is 3.63. The molecule has 1 saturated heterocycles. The standard InChI is InChI=1S/C16H22N2O4/c1-16(2,3)22-15(19)18-7-6-17-12(9-18)11-4-5-13-14(8-11)21-10-20-13/h4-5,8,12,17H,6-7,9-10H2,1-3H3. The zero-order valence-corrected chi connectivity index (χ0v) is 13.2. The second-order valence-electron chi connectivity index (χ2n) is 6.55. The van der Waals surface area contributed by atoms with E-state index in [0.717, 1.165) is 23.6 Å². The Labute approximate surface area is 130 Å². The first-order valence-corrected chi connectivity index (χ1v) is 7.53. The molecule has 1 amide bonds. The van der Waals surface area contributed by atoms with Gasteiger partial charge in [-0.25, -0.2) is 4.79 Å². The van der Waals surface area contributed by atoms with Crippen LogP contribution in [0.4, 0.5) is 4.79 Å². The number of carbonyl (C=O) groups is 1. The minimum absolute atomic E-state index is 0.0655. The summed E-state index contributed by atoms with van der Waals surface area (Å²) < 4.78 is 16.2. The summed E-state index contributed by atoms with van der Waals surface area (Å²) in [7, 11) is 0. The lowest BCUT2D eigenvalue weighted by molar-refractivity contribution is 0.0195. The van der Waals surface area contributed by atoms with Gasteiger partial charge in [0.2, 0.25) is 6.79 Å². The summed E-state index contributed by atoms with van der Waals surface area (Å²) in [5.41, 5.74) is 0.605. The van der Waals surface area contributed by atoms with Crippen molar-refractivity contribution < 1.29 is 19.0 Å². The molecule has 1 N–H and O–H groups in total. The van der Waals surface area contributed by atoms with Crippen LogP contribution in [0.5, 0.6) is 11.5 Å². The minimum Gasteiger partial charge on any atom is -0.454 e. The van der Waals surface area contributed by atoms with Crippen LogP contribution in [-0.2, 0) is 4.74 Å². The van der Waals surface area contributed by atoms with Gasteiger partial charge in [0.05, 0.1) is 6.04 Å². The molecule has 1 unspecified atom stereocenters. The molecule has 0 saturated carbocycles. The SMILES string of the molecule is CC(C)(C)OC(=O)N1CCNC(c2ccc3c(c2)OCO3)C1. The first-order chi connectivity index (χ1) is 10.4. The van der Waals surface area contributed by atoms with Gasteiger partial charge in [-0.3, -0.25) is 0 Å². The molecule has 0 aliphatic carbocycles. The molecule has 2 heterocycles. The first-order valence-electron chi connectivity index (χ1n) is 7.53. The summed E-state index contributed by atoms with van der Waals surface area (Å²) in [4.78, 5) is 14.0. The monoisotopic (exact) mass is 306 g/mol. The fraction of sp³-hybridized carbons (Fsp3) is 0.562. The van der Waals surface area contributed by atoms with E-state index in [1.807, 2.05) is 39.0 Å². The zero-order chi connectivity index (χ0) is 15.7. The van der Waals surface area contributed by atoms with Crippen molar-refractivity contribution >= 4 is 6.09 Å². The fourth-order valence-corrected chi connectivity index (χ4v) is 2.60. The predicted octanol–water partition coefficient (Wildman–Crippen LogP) is 2.30. The molecular weight excluding hydrogens is 284 g/mol. The van der Waals surface area contributed by atoms with E-state index >= 15 is 0 Å². The Morgan fingerprint density at radius 3 is 2.86 bits per heavy atom. The van der Waals surface area contributed by atoms with Crippen LogP contribution in [-0.4, -0.2) is 43.0 Å². The first kappa shape index (κ1) is 15.0. The van der Waals surface area contributed by atoms with Crippen molar-refractivity contribution in [3.8, 4) is 11.5 Å². The van der Waals surface area contributed by atoms with E-state index in [1.54, 1.807) is 4.90 Å². The number of ether oxygens (including phenoxy) is 3. The van der Waals surface area contributed by atoms with Gasteiger partial charge in [-0.1, -0.05) is 6.07 Å². The van der Waals surface area contributed by atoms with Crippen molar-refractivity contribution in [1.29, 1.82) is 0 Å². The number of amides is 1. The van der Waals surface area contributed by atoms with Gasteiger partial charge in [0, 0.05) is 19.6 Å². The number of hydrogen-bond acceptors (Lipinski definition) is 5. The average molecular weight is 306 g/mol. The van der Waals surface area contributed by atoms with Crippen LogP contribution < -0.4 is 14.8 Å². The smallest absolute Gasteiger partial charge is 0.410 e. The fourth-order valence-electron chi connectivity index (χ4n) is 2.60. The Morgan fingerprint density at radius 1 is 1.32 bits per heavy atom. The van der Waals surface area contributed by atoms with E-state index in [-0.39, 0.29) is 18.9 Å². The zero-order valence-electron chi connectivity index (χ0n) is 13.2. The Kier molecular flexibility index (Phi) is 3.87. The molecule has 22 heavy (non-hydrogen) atoms. The maximum absolute atomic E-state index is 12.2. The molecule has 120 valence electrons. The largest absolute Gasteiger partial charge is 0.454 e. The van der Waals surface area contributed by atoms with Crippen molar-refractivity contribution in [2.45, 2.75) is 32.4 Å². The van der Waals surface area contributed by atoms with Crippen molar-refractivity contribution in [2.75, 3.05) is 26.4 Å². The molecule has 0 radical (unpaired) electrons. The van der Waals surface area contributed by atoms with E-state index < -0.39 is 5.60 Å². The highest BCUT2D eigenvalue weighted by molar-refractivity contribution is 5.68. The van der Waals surface area contributed by atoms with Crippen LogP contribution >= 0.6 is 0 Å². The Bertz CT molecular complexity index is 568. The summed E-state index contributed by atoms with van der Waals surface area (Å²) in [6.45, 7) is 7.86. The van der Waals surface area contributed by atoms with Crippen LogP contribution in [0.1, 0.15) is 32.4 Å². The summed E-state index contributed by atoms with van der Waals surface area (Å²) >= 11 is 0. The highest BCUT2D eigenvalue weighted by Gasteiger charge is 2.28. The van der Waals surface area contributed by atoms with E-state index in [2.05, 4.69) is 5.32 Å². The minimum atomic E-state index is -0.476. The van der Waals surface area contributed by atoms with E-state index in [4.69, 9.17) is 14.2 Å². The van der Waals surface area contributed by atoms with Crippen molar-refractivity contribution in [1.82, 2.24) is 10.2 Å². The highest BCUT2D eigenvalue weighted by Crippen LogP contribution is 2.34. The quantitative estimate of drug-likeness (QED) is 0.862. The molecule has 2 aliphatic rings. The van der Waals surface area contributed by atoms with Gasteiger partial charge in [0.25, 0.3) is 0 Å². The number of fused-ring (bicyclic) bond motifs is 1. The van der Waals surface area contributed by atoms with Crippen molar-refractivity contribution in [2.24, 2.45) is 0 Å². The number of carbonyl (C=O) groups excluding carboxylic acids is 1. The molecule has 6 heteroatoms. The number of benzene rings is 1. The summed E-state index contributed by atoms with van der Waals surface area (Å²) in [6.07, 6.45) is -0.264. The number of hydrogen-bond donors (Lipinski definition) is 1. The lowest BCUT2D eigenvalue weighted by Crippen LogP contribution is -2.49. The maximum atomic E-state index is 12.2. The third kappa shape index (κ3) is 3.27. The number of nitrogens with one attached hydrogen (secondary N) is 1. The Morgan fingerprint density at radius 2 is 2.09 bits per heavy atom. The molecule has 0 spiro atoms. The van der Waals surface area contributed by atoms with Crippen LogP contribution in [0.2, 0.25) is 0 Å². The topological polar surface area (TPSA) is 60.0 Å². The van der Waals surface area contributed by atoms with Crippen molar-refractivity contribution in [3.05, 3.63) is 23.8 Å². The normalized spacial score (nSPS) is 20.9. The molecular formula is C16H22N2O4. The van der Waals surface area contributed by atoms with Crippen LogP contribution in [0, 0.1) is 0 Å². The average Bonchev–Trinajstić information content (AvgIpc) is 2.93. The lowest BCUT2D eigenvalue weighted by Gasteiger charge is -2.35. The molecule has 1 fully saturated rings. The van der Waals surface area contributed by atoms with Gasteiger partial charge in [-0.2, -0.15) is 0 Å². The van der Waals surface area contributed by atoms with E-state index in [9.17, 15) is 4.79 Å². The molecule has 6 nitrogen and oxygen atoms in total. The summed E-state index contributed by atoms with van der Waals surface area (Å²) in [6, 6.07) is 5.95. The summed E-state index contributed by atoms with van der Waals surface area (Å²) in [5.74, 6) is 1.53. The van der Waals surface area contributed by atoms with Gasteiger partial charge in [-0.15, -0.1) is 0 Å². The van der Waals surface area contributed by atoms with Crippen molar-refractivity contribution in [3.63, 3.8) is 0 Å². The third-order valence-electron chi connectivity index (χ3n) is 3.63. The maximum Gasteiger partial charge on any atom is 0.410 e. The predicted molar refractivity (Wildman–Crippen MR) is 81.1 cm³/mol. The number of piperazine rings is 1.